The van der Waals surface area contributed by atoms with E-state index in [-0.39, 0.29) is 24.2 Å². The summed E-state index contributed by atoms with van der Waals surface area (Å²) in [6.45, 7) is 3.97. The quantitative estimate of drug-likeness (QED) is 0.280. The summed E-state index contributed by atoms with van der Waals surface area (Å²) < 4.78 is 6.50. The summed E-state index contributed by atoms with van der Waals surface area (Å²) in [7, 11) is 0. The van der Waals surface area contributed by atoms with Gasteiger partial charge in [0.05, 0.1) is 11.3 Å². The molecule has 0 unspecified atom stereocenters. The molecule has 8 nitrogen and oxygen atoms in total. The normalized spacial score (nSPS) is 16.9. The molecule has 1 aliphatic carbocycles. The molecule has 1 saturated heterocycles. The highest BCUT2D eigenvalue weighted by atomic mass is 35.5. The minimum Gasteiger partial charge on any atom is -0.437 e. The van der Waals surface area contributed by atoms with Crippen LogP contribution in [0.25, 0.3) is 22.0 Å². The van der Waals surface area contributed by atoms with Crippen LogP contribution in [0, 0.1) is 12.8 Å². The van der Waals surface area contributed by atoms with Crippen molar-refractivity contribution in [3.63, 3.8) is 0 Å². The molecular formula is C29H31ClN6O2. The van der Waals surface area contributed by atoms with Gasteiger partial charge in [-0.3, -0.25) is 4.79 Å². The SMILES string of the molecule is Cc1ccc2c(NC(=O)C3CC3)cccc2c1Oc1ncccc1-c1ccnc(N[C@H]2CCCNC2)n1.Cl. The number of aryl methyl sites for hydroxylation is 1. The summed E-state index contributed by atoms with van der Waals surface area (Å²) >= 11 is 0. The Morgan fingerprint density at radius 1 is 1.00 bits per heavy atom. The molecule has 2 fully saturated rings. The van der Waals surface area contributed by atoms with Crippen LogP contribution in [0.3, 0.4) is 0 Å². The largest absolute Gasteiger partial charge is 0.437 e. The number of benzene rings is 2. The van der Waals surface area contributed by atoms with E-state index in [1.165, 1.54) is 0 Å². The smallest absolute Gasteiger partial charge is 0.228 e. The van der Waals surface area contributed by atoms with Gasteiger partial charge in [-0.1, -0.05) is 24.3 Å². The van der Waals surface area contributed by atoms with Gasteiger partial charge in [0.1, 0.15) is 5.75 Å². The third kappa shape index (κ3) is 5.56. The van der Waals surface area contributed by atoms with E-state index in [0.29, 0.717) is 23.6 Å². The number of piperidine rings is 1. The van der Waals surface area contributed by atoms with E-state index in [9.17, 15) is 4.79 Å². The van der Waals surface area contributed by atoms with Crippen molar-refractivity contribution in [2.24, 2.45) is 5.92 Å². The first-order valence-electron chi connectivity index (χ1n) is 12.9. The summed E-state index contributed by atoms with van der Waals surface area (Å²) in [4.78, 5) is 26.2. The highest BCUT2D eigenvalue weighted by molar-refractivity contribution is 6.05. The molecule has 0 spiro atoms. The number of amides is 1. The number of carbonyl (C=O) groups is 1. The minimum absolute atomic E-state index is 0. The number of halogens is 1. The highest BCUT2D eigenvalue weighted by Crippen LogP contribution is 2.39. The molecule has 3 N–H and O–H groups in total. The topological polar surface area (TPSA) is 101 Å². The van der Waals surface area contributed by atoms with Crippen molar-refractivity contribution >= 4 is 40.7 Å². The van der Waals surface area contributed by atoms with Gasteiger partial charge < -0.3 is 20.7 Å². The number of nitrogens with one attached hydrogen (secondary N) is 3. The predicted molar refractivity (Wildman–Crippen MR) is 152 cm³/mol. The molecular weight excluding hydrogens is 500 g/mol. The zero-order valence-corrected chi connectivity index (χ0v) is 22.1. The lowest BCUT2D eigenvalue weighted by atomic mass is 10.0. The van der Waals surface area contributed by atoms with E-state index >= 15 is 0 Å². The van der Waals surface area contributed by atoms with E-state index in [1.807, 2.05) is 55.5 Å². The molecule has 0 bridgehead atoms. The fourth-order valence-corrected chi connectivity index (χ4v) is 4.76. The maximum atomic E-state index is 12.4. The number of carbonyl (C=O) groups excluding carboxylic acids is 1. The zero-order valence-electron chi connectivity index (χ0n) is 21.2. The molecule has 3 heterocycles. The Labute approximate surface area is 228 Å². The Hall–Kier alpha value is -3.75. The second-order valence-corrected chi connectivity index (χ2v) is 9.79. The van der Waals surface area contributed by atoms with Gasteiger partial charge in [-0.2, -0.15) is 0 Å². The first-order valence-corrected chi connectivity index (χ1v) is 12.9. The standard InChI is InChI=1S/C29H30N6O2.ClH/c1-18-9-12-21-22(6-2-8-24(21)34-27(36)19-10-11-19)26(18)37-28-23(7-4-15-31-28)25-13-16-32-29(35-25)33-20-5-3-14-30-17-20;/h2,4,6-9,12-13,15-16,19-20,30H,3,5,10-11,14,17H2,1H3,(H,34,36)(H,32,33,35);1H/t20-;/m0./s1. The van der Waals surface area contributed by atoms with E-state index in [0.717, 1.165) is 72.1 Å². The molecule has 2 aromatic carbocycles. The Morgan fingerprint density at radius 3 is 2.71 bits per heavy atom. The number of fused-ring (bicyclic) bond motifs is 1. The Morgan fingerprint density at radius 2 is 1.89 bits per heavy atom. The molecule has 0 radical (unpaired) electrons. The molecule has 2 aliphatic rings. The van der Waals surface area contributed by atoms with Crippen molar-refractivity contribution in [3.8, 4) is 22.9 Å². The third-order valence-corrected chi connectivity index (χ3v) is 6.95. The van der Waals surface area contributed by atoms with Gasteiger partial charge in [0.2, 0.25) is 17.7 Å². The van der Waals surface area contributed by atoms with Crippen molar-refractivity contribution in [2.45, 2.75) is 38.6 Å². The summed E-state index contributed by atoms with van der Waals surface area (Å²) in [5.74, 6) is 1.99. The van der Waals surface area contributed by atoms with Crippen LogP contribution in [0.4, 0.5) is 11.6 Å². The molecule has 6 rings (SSSR count). The summed E-state index contributed by atoms with van der Waals surface area (Å²) in [6, 6.07) is 15.9. The zero-order chi connectivity index (χ0) is 25.2. The van der Waals surface area contributed by atoms with Gasteiger partial charge in [-0.05, 0) is 69.0 Å². The summed E-state index contributed by atoms with van der Waals surface area (Å²) in [6.07, 6.45) is 7.62. The first kappa shape index (κ1) is 25.9. The number of nitrogens with zero attached hydrogens (tertiary/aromatic N) is 3. The van der Waals surface area contributed by atoms with Crippen molar-refractivity contribution < 1.29 is 9.53 Å². The lowest BCUT2D eigenvalue weighted by Crippen LogP contribution is -2.38. The number of ether oxygens (including phenoxy) is 1. The number of anilines is 2. The molecule has 38 heavy (non-hydrogen) atoms. The lowest BCUT2D eigenvalue weighted by Gasteiger charge is -2.23. The van der Waals surface area contributed by atoms with Gasteiger partial charge >= 0.3 is 0 Å². The van der Waals surface area contributed by atoms with E-state index in [2.05, 4.69) is 25.9 Å². The van der Waals surface area contributed by atoms with Gasteiger partial charge in [-0.15, -0.1) is 12.4 Å². The number of hydrogen-bond acceptors (Lipinski definition) is 7. The van der Waals surface area contributed by atoms with Crippen LogP contribution in [0.2, 0.25) is 0 Å². The summed E-state index contributed by atoms with van der Waals surface area (Å²) in [5, 5.41) is 11.8. The van der Waals surface area contributed by atoms with Crippen LogP contribution >= 0.6 is 12.4 Å². The van der Waals surface area contributed by atoms with Crippen LogP contribution in [-0.4, -0.2) is 40.0 Å². The molecule has 1 amide bonds. The monoisotopic (exact) mass is 530 g/mol. The minimum atomic E-state index is 0. The van der Waals surface area contributed by atoms with Crippen molar-refractivity contribution in [2.75, 3.05) is 23.7 Å². The van der Waals surface area contributed by atoms with Crippen LogP contribution in [0.5, 0.6) is 11.6 Å². The van der Waals surface area contributed by atoms with Crippen molar-refractivity contribution in [1.82, 2.24) is 20.3 Å². The van der Waals surface area contributed by atoms with E-state index in [1.54, 1.807) is 12.4 Å². The molecule has 1 saturated carbocycles. The lowest BCUT2D eigenvalue weighted by molar-refractivity contribution is -0.117. The molecule has 4 aromatic rings. The van der Waals surface area contributed by atoms with E-state index in [4.69, 9.17) is 9.72 Å². The van der Waals surface area contributed by atoms with Crippen LogP contribution in [-0.2, 0) is 4.79 Å². The van der Waals surface area contributed by atoms with E-state index < -0.39 is 0 Å². The summed E-state index contributed by atoms with van der Waals surface area (Å²) in [5.41, 5.74) is 3.29. The highest BCUT2D eigenvalue weighted by Gasteiger charge is 2.30. The fraction of sp³-hybridized carbons (Fsp3) is 0.310. The van der Waals surface area contributed by atoms with Gasteiger partial charge in [0, 0.05) is 47.4 Å². The molecule has 1 atom stereocenters. The van der Waals surface area contributed by atoms with Crippen molar-refractivity contribution in [3.05, 3.63) is 66.5 Å². The third-order valence-electron chi connectivity index (χ3n) is 6.95. The van der Waals surface area contributed by atoms with Crippen LogP contribution in [0.1, 0.15) is 31.2 Å². The van der Waals surface area contributed by atoms with Crippen LogP contribution in [0.15, 0.2) is 60.9 Å². The Balaban J connectivity index is 0.00000294. The number of pyridine rings is 1. The molecule has 1 aliphatic heterocycles. The van der Waals surface area contributed by atoms with Gasteiger partial charge in [-0.25, -0.2) is 15.0 Å². The first-order chi connectivity index (χ1) is 18.2. The average Bonchev–Trinajstić information content (AvgIpc) is 3.77. The van der Waals surface area contributed by atoms with Gasteiger partial charge in [0.25, 0.3) is 0 Å². The number of aromatic nitrogens is 3. The van der Waals surface area contributed by atoms with Crippen molar-refractivity contribution in [1.29, 1.82) is 0 Å². The predicted octanol–water partition coefficient (Wildman–Crippen LogP) is 5.73. The maximum Gasteiger partial charge on any atom is 0.228 e. The van der Waals surface area contributed by atoms with Crippen LogP contribution < -0.4 is 20.7 Å². The second-order valence-electron chi connectivity index (χ2n) is 9.79. The molecule has 2 aromatic heterocycles. The average molecular weight is 531 g/mol. The molecule has 196 valence electrons. The number of hydrogen-bond donors (Lipinski definition) is 3. The van der Waals surface area contributed by atoms with Gasteiger partial charge in [0.15, 0.2) is 0 Å². The molecule has 9 heteroatoms. The second kappa shape index (κ2) is 11.3. The number of rotatable bonds is 7. The maximum absolute atomic E-state index is 12.4. The fourth-order valence-electron chi connectivity index (χ4n) is 4.76. The Bertz CT molecular complexity index is 1450. The Kier molecular flexibility index (Phi) is 7.72.